The largest absolute Gasteiger partial charge is 0.347 e. The smallest absolute Gasteiger partial charge is 0.194 e. The predicted molar refractivity (Wildman–Crippen MR) is 119 cm³/mol. The third kappa shape index (κ3) is 3.46. The summed E-state index contributed by atoms with van der Waals surface area (Å²) < 4.78 is 17.2. The molecule has 166 valence electrons. The van der Waals surface area contributed by atoms with Gasteiger partial charge in [0.25, 0.3) is 0 Å². The summed E-state index contributed by atoms with van der Waals surface area (Å²) in [5, 5.41) is 11.9. The third-order valence-electron chi connectivity index (χ3n) is 6.90. The third-order valence-corrected chi connectivity index (χ3v) is 6.90. The molecular formula is C23H26FN7O. The zero-order chi connectivity index (χ0) is 22.5. The molecule has 5 rings (SSSR count). The summed E-state index contributed by atoms with van der Waals surface area (Å²) in [6.45, 7) is 8.28. The average Bonchev–Trinajstić information content (AvgIpc) is 3.31. The number of nitrogens with one attached hydrogen (secondary N) is 2. The number of hydrogen-bond acceptors (Lipinski definition) is 6. The minimum absolute atomic E-state index is 0.117. The summed E-state index contributed by atoms with van der Waals surface area (Å²) in [5.41, 5.74) is 0.447. The molecule has 0 radical (unpaired) electrons. The van der Waals surface area contributed by atoms with E-state index in [9.17, 15) is 4.79 Å². The molecule has 2 N–H and O–H groups in total. The van der Waals surface area contributed by atoms with Gasteiger partial charge >= 0.3 is 0 Å². The Kier molecular flexibility index (Phi) is 4.81. The van der Waals surface area contributed by atoms with E-state index in [0.717, 1.165) is 19.3 Å². The second-order valence-corrected chi connectivity index (χ2v) is 9.43. The maximum Gasteiger partial charge on any atom is 0.194 e. The lowest BCUT2D eigenvalue weighted by atomic mass is 9.64. The molecule has 3 aromatic rings. The van der Waals surface area contributed by atoms with E-state index in [1.165, 1.54) is 12.3 Å². The van der Waals surface area contributed by atoms with Gasteiger partial charge in [-0.3, -0.25) is 9.36 Å². The van der Waals surface area contributed by atoms with Crippen LogP contribution >= 0.6 is 0 Å². The summed E-state index contributed by atoms with van der Waals surface area (Å²) >= 11 is 0. The highest BCUT2D eigenvalue weighted by molar-refractivity contribution is 5.63. The van der Waals surface area contributed by atoms with E-state index in [-0.39, 0.29) is 22.7 Å². The number of piperidine rings is 2. The highest BCUT2D eigenvalue weighted by atomic mass is 19.1. The van der Waals surface area contributed by atoms with Gasteiger partial charge in [0.2, 0.25) is 0 Å². The predicted octanol–water partition coefficient (Wildman–Crippen LogP) is 3.07. The molecule has 2 fully saturated rings. The second kappa shape index (κ2) is 7.44. The van der Waals surface area contributed by atoms with Crippen LogP contribution in [-0.4, -0.2) is 47.0 Å². The first-order chi connectivity index (χ1) is 15.3. The number of aromatic amines is 1. The standard InChI is InChI=1S/C23H26FN7O/c1-14(15-10-22(2)5-4-6-23(3,30-22)20(15)24)17-12-27-21(29-28-17)16-11-26-19(9-18(16)32)31-8-7-25-13-31/h7-9,11-13,15,20,30H,1,4-6,10H2,2-3H3,(H,26,32)/t15-,20-,22+,23-/m0/s1. The summed E-state index contributed by atoms with van der Waals surface area (Å²) in [5.74, 6) is 0.436. The summed E-state index contributed by atoms with van der Waals surface area (Å²) in [4.78, 5) is 23.9. The Morgan fingerprint density at radius 1 is 1.31 bits per heavy atom. The van der Waals surface area contributed by atoms with Gasteiger partial charge in [0.05, 0.1) is 11.8 Å². The quantitative estimate of drug-likeness (QED) is 0.653. The number of alkyl halides is 1. The van der Waals surface area contributed by atoms with Gasteiger partial charge in [-0.2, -0.15) is 0 Å². The van der Waals surface area contributed by atoms with E-state index in [0.29, 0.717) is 29.1 Å². The maximum atomic E-state index is 15.5. The molecule has 2 aliphatic rings. The van der Waals surface area contributed by atoms with Gasteiger partial charge in [-0.1, -0.05) is 6.58 Å². The molecule has 2 bridgehead atoms. The number of aromatic nitrogens is 6. The summed E-state index contributed by atoms with van der Waals surface area (Å²) in [6.07, 6.45) is 10.5. The van der Waals surface area contributed by atoms with Crippen molar-refractivity contribution >= 4 is 5.57 Å². The molecule has 9 heteroatoms. The van der Waals surface area contributed by atoms with E-state index in [1.54, 1.807) is 29.5 Å². The van der Waals surface area contributed by atoms with Crippen molar-refractivity contribution in [1.82, 2.24) is 35.0 Å². The Hall–Kier alpha value is -3.20. The van der Waals surface area contributed by atoms with Crippen LogP contribution in [0.3, 0.4) is 0 Å². The van der Waals surface area contributed by atoms with Crippen molar-refractivity contribution in [2.75, 3.05) is 0 Å². The van der Waals surface area contributed by atoms with E-state index in [2.05, 4.69) is 44.0 Å². The van der Waals surface area contributed by atoms with Crippen LogP contribution in [0.5, 0.6) is 0 Å². The Labute approximate surface area is 185 Å². The van der Waals surface area contributed by atoms with Crippen LogP contribution in [0.25, 0.3) is 22.8 Å². The molecule has 2 aliphatic heterocycles. The lowest BCUT2D eigenvalue weighted by Gasteiger charge is -2.55. The highest BCUT2D eigenvalue weighted by Gasteiger charge is 2.53. The Balaban J connectivity index is 1.39. The van der Waals surface area contributed by atoms with Crippen molar-refractivity contribution in [3.8, 4) is 17.2 Å². The van der Waals surface area contributed by atoms with Gasteiger partial charge in [-0.15, -0.1) is 10.2 Å². The zero-order valence-corrected chi connectivity index (χ0v) is 18.2. The molecule has 3 aromatic heterocycles. The first-order valence-corrected chi connectivity index (χ1v) is 10.8. The van der Waals surface area contributed by atoms with Crippen molar-refractivity contribution in [3.63, 3.8) is 0 Å². The fraction of sp³-hybridized carbons (Fsp3) is 0.435. The molecular weight excluding hydrogens is 409 g/mol. The number of pyridine rings is 1. The zero-order valence-electron chi connectivity index (χ0n) is 18.2. The number of H-pyrrole nitrogens is 1. The van der Waals surface area contributed by atoms with Crippen molar-refractivity contribution in [2.24, 2.45) is 5.92 Å². The molecule has 0 unspecified atom stereocenters. The Morgan fingerprint density at radius 3 is 2.84 bits per heavy atom. The van der Waals surface area contributed by atoms with E-state index in [1.807, 2.05) is 6.92 Å². The Bertz CT molecular complexity index is 1210. The van der Waals surface area contributed by atoms with E-state index < -0.39 is 11.7 Å². The fourth-order valence-corrected chi connectivity index (χ4v) is 5.27. The van der Waals surface area contributed by atoms with Gasteiger partial charge in [-0.05, 0) is 45.1 Å². The normalized spacial score (nSPS) is 29.6. The van der Waals surface area contributed by atoms with Gasteiger partial charge in [0, 0.05) is 41.7 Å². The lowest BCUT2D eigenvalue weighted by Crippen LogP contribution is -2.68. The van der Waals surface area contributed by atoms with Crippen LogP contribution in [0.15, 0.2) is 48.6 Å². The first kappa shape index (κ1) is 20.7. The van der Waals surface area contributed by atoms with Crippen molar-refractivity contribution < 1.29 is 4.39 Å². The van der Waals surface area contributed by atoms with E-state index in [4.69, 9.17) is 0 Å². The topological polar surface area (TPSA) is 101 Å². The van der Waals surface area contributed by atoms with Crippen LogP contribution in [0.1, 0.15) is 45.2 Å². The molecule has 4 atom stereocenters. The van der Waals surface area contributed by atoms with Crippen LogP contribution in [0.4, 0.5) is 4.39 Å². The van der Waals surface area contributed by atoms with Gasteiger partial charge < -0.3 is 10.3 Å². The van der Waals surface area contributed by atoms with Crippen molar-refractivity contribution in [1.29, 1.82) is 0 Å². The second-order valence-electron chi connectivity index (χ2n) is 9.43. The Morgan fingerprint density at radius 2 is 2.16 bits per heavy atom. The number of fused-ring (bicyclic) bond motifs is 2. The molecule has 5 heterocycles. The molecule has 0 aromatic carbocycles. The first-order valence-electron chi connectivity index (χ1n) is 10.8. The number of rotatable bonds is 4. The minimum atomic E-state index is -1.07. The molecule has 0 aliphatic carbocycles. The number of nitrogens with zero attached hydrogens (tertiary/aromatic N) is 5. The maximum absolute atomic E-state index is 15.5. The van der Waals surface area contributed by atoms with Gasteiger partial charge in [-0.25, -0.2) is 14.4 Å². The number of halogens is 1. The highest BCUT2D eigenvalue weighted by Crippen LogP contribution is 2.47. The fourth-order valence-electron chi connectivity index (χ4n) is 5.27. The number of imidazole rings is 1. The van der Waals surface area contributed by atoms with Crippen molar-refractivity contribution in [3.05, 3.63) is 59.7 Å². The molecule has 0 saturated carbocycles. The molecule has 0 amide bonds. The lowest BCUT2D eigenvalue weighted by molar-refractivity contribution is -0.00602. The van der Waals surface area contributed by atoms with Crippen LogP contribution in [-0.2, 0) is 0 Å². The van der Waals surface area contributed by atoms with Gasteiger partial charge in [0.15, 0.2) is 11.3 Å². The minimum Gasteiger partial charge on any atom is -0.347 e. The van der Waals surface area contributed by atoms with Crippen LogP contribution < -0.4 is 10.7 Å². The van der Waals surface area contributed by atoms with E-state index >= 15 is 4.39 Å². The molecule has 2 saturated heterocycles. The monoisotopic (exact) mass is 435 g/mol. The summed E-state index contributed by atoms with van der Waals surface area (Å²) in [6, 6.07) is 1.45. The average molecular weight is 436 g/mol. The van der Waals surface area contributed by atoms with Crippen molar-refractivity contribution in [2.45, 2.75) is 56.8 Å². The van der Waals surface area contributed by atoms with Gasteiger partial charge in [0.1, 0.15) is 24.0 Å². The summed E-state index contributed by atoms with van der Waals surface area (Å²) in [7, 11) is 0. The molecule has 0 spiro atoms. The molecule has 32 heavy (non-hydrogen) atoms. The molecule has 8 nitrogen and oxygen atoms in total. The van der Waals surface area contributed by atoms with Crippen LogP contribution in [0.2, 0.25) is 0 Å². The van der Waals surface area contributed by atoms with Crippen LogP contribution in [0, 0.1) is 5.92 Å². The SMILES string of the molecule is C=C(c1cnc(-c2c[nH]c(-n3ccnc3)cc2=O)nn1)[C@@H]1C[C@@]2(C)CCC[C@](C)(N2)[C@H]1F. The number of allylic oxidation sites excluding steroid dienone is 1. The number of hydrogen-bond donors (Lipinski definition) is 2.